The minimum Gasteiger partial charge on any atom is -0.462 e. The number of rotatable bonds is 5. The van der Waals surface area contributed by atoms with E-state index in [1.165, 1.54) is 13.0 Å². The lowest BCUT2D eigenvalue weighted by atomic mass is 10.1. The molecule has 1 aromatic carbocycles. The van der Waals surface area contributed by atoms with Crippen molar-refractivity contribution in [3.63, 3.8) is 0 Å². The Morgan fingerprint density at radius 2 is 2.20 bits per heavy atom. The topological polar surface area (TPSA) is 102 Å². The number of hydrogen-bond acceptors (Lipinski definition) is 6. The molecule has 0 saturated heterocycles. The van der Waals surface area contributed by atoms with Crippen LogP contribution in [-0.2, 0) is 4.74 Å². The lowest BCUT2D eigenvalue weighted by Gasteiger charge is -2.11. The molecule has 0 fully saturated rings. The van der Waals surface area contributed by atoms with E-state index in [9.17, 15) is 23.7 Å². The Morgan fingerprint density at radius 3 is 2.65 bits per heavy atom. The summed E-state index contributed by atoms with van der Waals surface area (Å²) in [5, 5.41) is 19.6. The second kappa shape index (κ2) is 6.42. The van der Waals surface area contributed by atoms with Gasteiger partial charge in [-0.2, -0.15) is 14.0 Å². The van der Waals surface area contributed by atoms with Gasteiger partial charge in [-0.05, 0) is 13.0 Å². The van der Waals surface area contributed by atoms with Crippen LogP contribution in [0.25, 0.3) is 0 Å². The van der Waals surface area contributed by atoms with Gasteiger partial charge < -0.3 is 9.47 Å². The van der Waals surface area contributed by atoms with Crippen molar-refractivity contribution in [2.24, 2.45) is 0 Å². The maximum Gasteiger partial charge on any atom is 0.387 e. The highest BCUT2D eigenvalue weighted by Gasteiger charge is 2.30. The van der Waals surface area contributed by atoms with Gasteiger partial charge in [-0.15, -0.1) is 0 Å². The zero-order valence-corrected chi connectivity index (χ0v) is 10.1. The molecule has 9 heteroatoms. The number of alkyl halides is 2. The van der Waals surface area contributed by atoms with E-state index in [1.807, 2.05) is 0 Å². The summed E-state index contributed by atoms with van der Waals surface area (Å²) in [6, 6.07) is 3.28. The number of esters is 1. The van der Waals surface area contributed by atoms with Gasteiger partial charge >= 0.3 is 12.6 Å². The van der Waals surface area contributed by atoms with E-state index >= 15 is 0 Å². The predicted molar refractivity (Wildman–Crippen MR) is 60.4 cm³/mol. The van der Waals surface area contributed by atoms with E-state index in [-0.39, 0.29) is 6.61 Å². The molecule has 0 atom stereocenters. The number of nitro benzene ring substituents is 1. The van der Waals surface area contributed by atoms with Crippen LogP contribution in [-0.4, -0.2) is 24.1 Å². The van der Waals surface area contributed by atoms with Gasteiger partial charge in [0.25, 0.3) is 5.69 Å². The molecule has 0 heterocycles. The molecule has 0 aliphatic rings. The second-order valence-corrected chi connectivity index (χ2v) is 3.30. The lowest BCUT2D eigenvalue weighted by Crippen LogP contribution is -2.14. The summed E-state index contributed by atoms with van der Waals surface area (Å²) in [5.74, 6) is -2.08. The van der Waals surface area contributed by atoms with E-state index in [0.717, 1.165) is 12.1 Å². The fourth-order valence-corrected chi connectivity index (χ4v) is 1.42. The van der Waals surface area contributed by atoms with Crippen molar-refractivity contribution in [2.75, 3.05) is 6.61 Å². The summed E-state index contributed by atoms with van der Waals surface area (Å²) >= 11 is 0. The zero-order valence-electron chi connectivity index (χ0n) is 10.1. The quantitative estimate of drug-likeness (QED) is 0.467. The summed E-state index contributed by atoms with van der Waals surface area (Å²) in [7, 11) is 0. The number of halogens is 2. The fraction of sp³-hybridized carbons (Fsp3) is 0.273. The maximum atomic E-state index is 12.3. The average molecular weight is 286 g/mol. The Hall–Kier alpha value is -2.76. The van der Waals surface area contributed by atoms with Crippen molar-refractivity contribution in [1.29, 1.82) is 5.26 Å². The number of ether oxygens (including phenoxy) is 2. The number of hydrogen-bond donors (Lipinski definition) is 0. The predicted octanol–water partition coefficient (Wildman–Crippen LogP) is 2.24. The van der Waals surface area contributed by atoms with Gasteiger partial charge in [0.2, 0.25) is 0 Å². The monoisotopic (exact) mass is 286 g/mol. The van der Waals surface area contributed by atoms with Gasteiger partial charge in [0.1, 0.15) is 6.07 Å². The van der Waals surface area contributed by atoms with Gasteiger partial charge in [0.05, 0.1) is 17.1 Å². The van der Waals surface area contributed by atoms with Gasteiger partial charge in [0.15, 0.2) is 11.3 Å². The van der Waals surface area contributed by atoms with Crippen molar-refractivity contribution in [3.8, 4) is 11.8 Å². The molecule has 1 aromatic rings. The van der Waals surface area contributed by atoms with Crippen molar-refractivity contribution in [3.05, 3.63) is 33.4 Å². The van der Waals surface area contributed by atoms with Crippen LogP contribution >= 0.6 is 0 Å². The largest absolute Gasteiger partial charge is 0.462 e. The first-order valence-electron chi connectivity index (χ1n) is 5.25. The third-order valence-electron chi connectivity index (χ3n) is 2.14. The molecule has 1 rings (SSSR count). The van der Waals surface area contributed by atoms with Crippen LogP contribution in [0.15, 0.2) is 12.1 Å². The number of nitriles is 1. The number of carbonyl (C=O) groups excluding carboxylic acids is 1. The fourth-order valence-electron chi connectivity index (χ4n) is 1.42. The van der Waals surface area contributed by atoms with Crippen LogP contribution in [0.4, 0.5) is 14.5 Å². The van der Waals surface area contributed by atoms with Crippen molar-refractivity contribution < 1.29 is 28.0 Å². The Morgan fingerprint density at radius 1 is 1.55 bits per heavy atom. The first-order chi connectivity index (χ1) is 9.42. The summed E-state index contributed by atoms with van der Waals surface area (Å²) < 4.78 is 33.3. The van der Waals surface area contributed by atoms with Crippen LogP contribution in [0.3, 0.4) is 0 Å². The molecular weight excluding hydrogens is 278 g/mol. The average Bonchev–Trinajstić information content (AvgIpc) is 2.37. The minimum absolute atomic E-state index is 0.124. The van der Waals surface area contributed by atoms with E-state index in [1.54, 1.807) is 0 Å². The first-order valence-corrected chi connectivity index (χ1v) is 5.25. The highest BCUT2D eigenvalue weighted by molar-refractivity contribution is 5.98. The first kappa shape index (κ1) is 15.3. The molecule has 0 saturated carbocycles. The normalized spacial score (nSPS) is 9.95. The summed E-state index contributed by atoms with van der Waals surface area (Å²) in [6.45, 7) is -2.04. The number of carbonyl (C=O) groups is 1. The van der Waals surface area contributed by atoms with E-state index in [4.69, 9.17) is 5.26 Å². The summed E-state index contributed by atoms with van der Waals surface area (Å²) in [5.41, 5.74) is -2.02. The Labute approximate surface area is 111 Å². The molecule has 0 spiro atoms. The Kier molecular flexibility index (Phi) is 4.91. The highest BCUT2D eigenvalue weighted by atomic mass is 19.3. The number of nitro groups is 1. The standard InChI is InChI=1S/C11H8F2N2O5/c1-2-19-10(16)8-7(15(17)18)4-3-6(5-14)9(8)20-11(12)13/h3-4,11H,2H2,1H3. The molecule has 7 nitrogen and oxygen atoms in total. The molecule has 0 N–H and O–H groups in total. The third-order valence-corrected chi connectivity index (χ3v) is 2.14. The van der Waals surface area contributed by atoms with Crippen LogP contribution in [0, 0.1) is 21.4 Å². The van der Waals surface area contributed by atoms with Gasteiger partial charge in [-0.1, -0.05) is 0 Å². The molecule has 0 aliphatic carbocycles. The Balaban J connectivity index is 3.56. The Bertz CT molecular complexity index is 583. The smallest absolute Gasteiger partial charge is 0.387 e. The molecule has 20 heavy (non-hydrogen) atoms. The van der Waals surface area contributed by atoms with Gasteiger partial charge in [0, 0.05) is 6.07 Å². The molecule has 0 aliphatic heterocycles. The van der Waals surface area contributed by atoms with Crippen LogP contribution in [0.2, 0.25) is 0 Å². The van der Waals surface area contributed by atoms with Crippen LogP contribution in [0.5, 0.6) is 5.75 Å². The van der Waals surface area contributed by atoms with E-state index in [0.29, 0.717) is 0 Å². The SMILES string of the molecule is CCOC(=O)c1c([N+](=O)[O-])ccc(C#N)c1OC(F)F. The molecular formula is C11H8F2N2O5. The van der Waals surface area contributed by atoms with Crippen LogP contribution < -0.4 is 4.74 Å². The number of nitrogens with zero attached hydrogens (tertiary/aromatic N) is 2. The van der Waals surface area contributed by atoms with Crippen molar-refractivity contribution in [2.45, 2.75) is 13.5 Å². The van der Waals surface area contributed by atoms with Crippen LogP contribution in [0.1, 0.15) is 22.8 Å². The minimum atomic E-state index is -3.35. The second-order valence-electron chi connectivity index (χ2n) is 3.30. The highest BCUT2D eigenvalue weighted by Crippen LogP contribution is 2.33. The molecule has 106 valence electrons. The van der Waals surface area contributed by atoms with Gasteiger partial charge in [-0.3, -0.25) is 10.1 Å². The lowest BCUT2D eigenvalue weighted by molar-refractivity contribution is -0.385. The van der Waals surface area contributed by atoms with E-state index < -0.39 is 40.1 Å². The zero-order chi connectivity index (χ0) is 15.3. The summed E-state index contributed by atoms with van der Waals surface area (Å²) in [4.78, 5) is 21.6. The molecule has 0 unspecified atom stereocenters. The van der Waals surface area contributed by atoms with Crippen molar-refractivity contribution in [1.82, 2.24) is 0 Å². The van der Waals surface area contributed by atoms with E-state index in [2.05, 4.69) is 9.47 Å². The molecule has 0 amide bonds. The number of benzene rings is 1. The third kappa shape index (κ3) is 3.17. The van der Waals surface area contributed by atoms with Crippen molar-refractivity contribution >= 4 is 11.7 Å². The molecule has 0 radical (unpaired) electrons. The van der Waals surface area contributed by atoms with Gasteiger partial charge in [-0.25, -0.2) is 4.79 Å². The molecule has 0 bridgehead atoms. The summed E-state index contributed by atoms with van der Waals surface area (Å²) in [6.07, 6.45) is 0. The molecule has 0 aromatic heterocycles. The maximum absolute atomic E-state index is 12.3.